The van der Waals surface area contributed by atoms with Gasteiger partial charge in [-0.15, -0.1) is 0 Å². The molecule has 0 saturated carbocycles. The highest BCUT2D eigenvalue weighted by atomic mass is 79.9. The standard InChI is InChI=1S/C24H19BrN2O2S/c1-15-7-13-19(14-8-15)27-23(29)20-5-3-4-6-21(20)26-24(27)30-16(2)22(28)17-9-11-18(25)12-10-17/h3-14,16H,1-2H3/t16-/m0/s1. The maximum atomic E-state index is 13.3. The largest absolute Gasteiger partial charge is 0.293 e. The third-order valence-corrected chi connectivity index (χ3v) is 6.40. The highest BCUT2D eigenvalue weighted by Crippen LogP contribution is 2.27. The molecule has 150 valence electrons. The lowest BCUT2D eigenvalue weighted by Crippen LogP contribution is -2.23. The summed E-state index contributed by atoms with van der Waals surface area (Å²) in [6.45, 7) is 3.84. The number of para-hydroxylation sites is 1. The average Bonchev–Trinajstić information content (AvgIpc) is 2.75. The Labute approximate surface area is 187 Å². The SMILES string of the molecule is Cc1ccc(-n2c(S[C@@H](C)C(=O)c3ccc(Br)cc3)nc3ccccc3c2=O)cc1. The van der Waals surface area contributed by atoms with Crippen LogP contribution in [0, 0.1) is 6.92 Å². The molecule has 1 heterocycles. The highest BCUT2D eigenvalue weighted by Gasteiger charge is 2.21. The van der Waals surface area contributed by atoms with Gasteiger partial charge in [0.05, 0.1) is 21.8 Å². The molecule has 0 unspecified atom stereocenters. The number of nitrogens with zero attached hydrogens (tertiary/aromatic N) is 2. The number of thioether (sulfide) groups is 1. The molecule has 4 aromatic rings. The Morgan fingerprint density at radius 1 is 1.00 bits per heavy atom. The Balaban J connectivity index is 1.79. The second-order valence-electron chi connectivity index (χ2n) is 7.02. The van der Waals surface area contributed by atoms with Crippen LogP contribution in [0.3, 0.4) is 0 Å². The molecule has 0 aliphatic carbocycles. The lowest BCUT2D eigenvalue weighted by Gasteiger charge is -2.16. The number of fused-ring (bicyclic) bond motifs is 1. The van der Waals surface area contributed by atoms with E-state index in [2.05, 4.69) is 15.9 Å². The minimum absolute atomic E-state index is 0.00892. The molecule has 0 amide bonds. The van der Waals surface area contributed by atoms with E-state index in [1.54, 1.807) is 22.8 Å². The van der Waals surface area contributed by atoms with Gasteiger partial charge in [0.1, 0.15) is 0 Å². The topological polar surface area (TPSA) is 52.0 Å². The zero-order valence-corrected chi connectivity index (χ0v) is 18.9. The number of hydrogen-bond donors (Lipinski definition) is 0. The lowest BCUT2D eigenvalue weighted by atomic mass is 10.1. The molecule has 0 fully saturated rings. The fourth-order valence-corrected chi connectivity index (χ4v) is 4.44. The van der Waals surface area contributed by atoms with E-state index in [0.717, 1.165) is 15.7 Å². The van der Waals surface area contributed by atoms with E-state index in [1.165, 1.54) is 11.8 Å². The predicted molar refractivity (Wildman–Crippen MR) is 126 cm³/mol. The van der Waals surface area contributed by atoms with Gasteiger partial charge in [0, 0.05) is 10.0 Å². The summed E-state index contributed by atoms with van der Waals surface area (Å²) < 4.78 is 2.52. The summed E-state index contributed by atoms with van der Waals surface area (Å²) in [6.07, 6.45) is 0. The number of aromatic nitrogens is 2. The molecule has 1 atom stereocenters. The van der Waals surface area contributed by atoms with Crippen LogP contribution >= 0.6 is 27.7 Å². The minimum Gasteiger partial charge on any atom is -0.293 e. The third kappa shape index (κ3) is 4.11. The molecule has 3 aromatic carbocycles. The first-order valence-corrected chi connectivity index (χ1v) is 11.2. The monoisotopic (exact) mass is 478 g/mol. The van der Waals surface area contributed by atoms with Crippen molar-refractivity contribution in [3.05, 3.63) is 98.7 Å². The molecule has 4 nitrogen and oxygen atoms in total. The van der Waals surface area contributed by atoms with E-state index >= 15 is 0 Å². The number of Topliss-reactive ketones (excluding diaryl/α,β-unsaturated/α-hetero) is 1. The van der Waals surface area contributed by atoms with Crippen LogP contribution < -0.4 is 5.56 Å². The van der Waals surface area contributed by atoms with Gasteiger partial charge in [0.25, 0.3) is 5.56 Å². The molecule has 0 saturated heterocycles. The maximum Gasteiger partial charge on any atom is 0.266 e. The minimum atomic E-state index is -0.407. The van der Waals surface area contributed by atoms with E-state index in [1.807, 2.05) is 68.4 Å². The summed E-state index contributed by atoms with van der Waals surface area (Å²) in [5, 5.41) is 0.644. The van der Waals surface area contributed by atoms with Crippen LogP contribution in [0.15, 0.2) is 87.2 Å². The fourth-order valence-electron chi connectivity index (χ4n) is 3.17. The number of halogens is 1. The number of carbonyl (C=O) groups is 1. The summed E-state index contributed by atoms with van der Waals surface area (Å²) in [5.74, 6) is -0.00892. The Kier molecular flexibility index (Phi) is 5.88. The zero-order valence-electron chi connectivity index (χ0n) is 16.5. The van der Waals surface area contributed by atoms with Crippen LogP contribution in [0.5, 0.6) is 0 Å². The molecule has 0 aliphatic heterocycles. The second kappa shape index (κ2) is 8.58. The molecule has 4 rings (SSSR count). The van der Waals surface area contributed by atoms with Crippen molar-refractivity contribution in [3.8, 4) is 5.69 Å². The Morgan fingerprint density at radius 2 is 1.67 bits per heavy atom. The van der Waals surface area contributed by atoms with Gasteiger partial charge >= 0.3 is 0 Å². The quantitative estimate of drug-likeness (QED) is 0.206. The number of benzene rings is 3. The molecule has 0 spiro atoms. The van der Waals surface area contributed by atoms with Gasteiger partial charge in [0.15, 0.2) is 10.9 Å². The van der Waals surface area contributed by atoms with Gasteiger partial charge < -0.3 is 0 Å². The van der Waals surface area contributed by atoms with Crippen molar-refractivity contribution in [3.63, 3.8) is 0 Å². The van der Waals surface area contributed by atoms with Crippen LogP contribution in [-0.4, -0.2) is 20.6 Å². The first kappa shape index (κ1) is 20.6. The average molecular weight is 479 g/mol. The van der Waals surface area contributed by atoms with E-state index < -0.39 is 5.25 Å². The van der Waals surface area contributed by atoms with Crippen LogP contribution in [0.25, 0.3) is 16.6 Å². The van der Waals surface area contributed by atoms with E-state index in [4.69, 9.17) is 4.98 Å². The van der Waals surface area contributed by atoms with E-state index in [0.29, 0.717) is 21.6 Å². The summed E-state index contributed by atoms with van der Waals surface area (Å²) in [5.41, 5.74) is 2.94. The highest BCUT2D eigenvalue weighted by molar-refractivity contribution is 9.10. The van der Waals surface area contributed by atoms with Crippen LogP contribution in [-0.2, 0) is 0 Å². The number of rotatable bonds is 5. The summed E-state index contributed by atoms with van der Waals surface area (Å²) in [7, 11) is 0. The summed E-state index contributed by atoms with van der Waals surface area (Å²) in [4.78, 5) is 31.0. The summed E-state index contributed by atoms with van der Waals surface area (Å²) in [6, 6.07) is 22.3. The molecular formula is C24H19BrN2O2S. The third-order valence-electron chi connectivity index (χ3n) is 4.82. The molecule has 6 heteroatoms. The molecule has 0 aliphatic rings. The van der Waals surface area contributed by atoms with Gasteiger partial charge in [-0.1, -0.05) is 69.7 Å². The molecule has 30 heavy (non-hydrogen) atoms. The fraction of sp³-hybridized carbons (Fsp3) is 0.125. The zero-order chi connectivity index (χ0) is 21.3. The molecule has 0 bridgehead atoms. The number of aryl methyl sites for hydroxylation is 1. The first-order chi connectivity index (χ1) is 14.4. The van der Waals surface area contributed by atoms with Crippen molar-refractivity contribution in [1.82, 2.24) is 9.55 Å². The molecular weight excluding hydrogens is 460 g/mol. The van der Waals surface area contributed by atoms with Crippen LogP contribution in [0.1, 0.15) is 22.8 Å². The van der Waals surface area contributed by atoms with Crippen molar-refractivity contribution in [1.29, 1.82) is 0 Å². The number of hydrogen-bond acceptors (Lipinski definition) is 4. The number of ketones is 1. The Bertz CT molecular complexity index is 1280. The van der Waals surface area contributed by atoms with Crippen molar-refractivity contribution >= 4 is 44.4 Å². The maximum absolute atomic E-state index is 13.3. The summed E-state index contributed by atoms with van der Waals surface area (Å²) >= 11 is 4.69. The van der Waals surface area contributed by atoms with Gasteiger partial charge in [-0.2, -0.15) is 0 Å². The van der Waals surface area contributed by atoms with Crippen molar-refractivity contribution in [2.45, 2.75) is 24.3 Å². The molecule has 1 aromatic heterocycles. The smallest absolute Gasteiger partial charge is 0.266 e. The van der Waals surface area contributed by atoms with Crippen LogP contribution in [0.4, 0.5) is 0 Å². The van der Waals surface area contributed by atoms with Gasteiger partial charge in [-0.05, 0) is 50.2 Å². The normalized spacial score (nSPS) is 12.1. The van der Waals surface area contributed by atoms with Crippen molar-refractivity contribution < 1.29 is 4.79 Å². The van der Waals surface area contributed by atoms with E-state index in [9.17, 15) is 9.59 Å². The van der Waals surface area contributed by atoms with Crippen molar-refractivity contribution in [2.75, 3.05) is 0 Å². The lowest BCUT2D eigenvalue weighted by molar-refractivity contribution is 0.0994. The van der Waals surface area contributed by atoms with Crippen molar-refractivity contribution in [2.24, 2.45) is 0 Å². The van der Waals surface area contributed by atoms with Gasteiger partial charge in [-0.25, -0.2) is 4.98 Å². The van der Waals surface area contributed by atoms with Gasteiger partial charge in [-0.3, -0.25) is 14.2 Å². The molecule has 0 N–H and O–H groups in total. The molecule has 0 radical (unpaired) electrons. The predicted octanol–water partition coefficient (Wildman–Crippen LogP) is 5.82. The second-order valence-corrected chi connectivity index (χ2v) is 9.24. The van der Waals surface area contributed by atoms with Gasteiger partial charge in [0.2, 0.25) is 0 Å². The van der Waals surface area contributed by atoms with E-state index in [-0.39, 0.29) is 11.3 Å². The van der Waals surface area contributed by atoms with Crippen LogP contribution in [0.2, 0.25) is 0 Å². The number of carbonyl (C=O) groups excluding carboxylic acids is 1. The Morgan fingerprint density at radius 3 is 2.37 bits per heavy atom. The first-order valence-electron chi connectivity index (χ1n) is 9.49. The Hall–Kier alpha value is -2.70.